The molecule has 1 N–H and O–H groups in total. The number of carbonyl (C=O) groups is 1. The van der Waals surface area contributed by atoms with E-state index in [0.717, 1.165) is 12.1 Å². The number of hydrogen-bond donors (Lipinski definition) is 1. The fourth-order valence-corrected chi connectivity index (χ4v) is 1.34. The van der Waals surface area contributed by atoms with Gasteiger partial charge in [0.1, 0.15) is 5.60 Å². The maximum Gasteiger partial charge on any atom is 0.412 e. The van der Waals surface area contributed by atoms with E-state index in [-0.39, 0.29) is 16.8 Å². The first-order valence-corrected chi connectivity index (χ1v) is 5.54. The van der Waals surface area contributed by atoms with Crippen molar-refractivity contribution in [2.45, 2.75) is 32.8 Å². The number of anilines is 1. The van der Waals surface area contributed by atoms with Crippen LogP contribution in [0, 0.1) is 11.3 Å². The van der Waals surface area contributed by atoms with Crippen molar-refractivity contribution in [1.82, 2.24) is 0 Å². The van der Waals surface area contributed by atoms with Crippen molar-refractivity contribution in [3.8, 4) is 6.07 Å². The monoisotopic (exact) mass is 268 g/mol. The molecule has 0 saturated heterocycles. The van der Waals surface area contributed by atoms with E-state index in [0.29, 0.717) is 0 Å². The van der Waals surface area contributed by atoms with Crippen LogP contribution in [-0.2, 0) is 4.74 Å². The van der Waals surface area contributed by atoms with Gasteiger partial charge in [-0.3, -0.25) is 5.32 Å². The van der Waals surface area contributed by atoms with Crippen molar-refractivity contribution in [3.63, 3.8) is 0 Å². The molecule has 0 atom stereocenters. The highest BCUT2D eigenvalue weighted by molar-refractivity contribution is 5.85. The molecule has 0 aliphatic rings. The first kappa shape index (κ1) is 14.9. The predicted molar refractivity (Wildman–Crippen MR) is 66.0 cm³/mol. The van der Waals surface area contributed by atoms with Gasteiger partial charge in [0, 0.05) is 11.3 Å². The summed E-state index contributed by atoms with van der Waals surface area (Å²) in [5.74, 6) is 0. The zero-order valence-electron chi connectivity index (χ0n) is 10.8. The van der Waals surface area contributed by atoms with Crippen molar-refractivity contribution < 1.29 is 18.3 Å². The average molecular weight is 268 g/mol. The SMILES string of the molecule is CC(C)(C)OC(=O)Nc1cc(C#N)cc(C(F)F)c1. The largest absolute Gasteiger partial charge is 0.444 e. The Morgan fingerprint density at radius 1 is 1.37 bits per heavy atom. The van der Waals surface area contributed by atoms with E-state index in [1.54, 1.807) is 26.8 Å². The Labute approximate surface area is 110 Å². The second kappa shape index (κ2) is 5.65. The summed E-state index contributed by atoms with van der Waals surface area (Å²) in [5.41, 5.74) is -0.875. The molecule has 102 valence electrons. The molecule has 0 saturated carbocycles. The fourth-order valence-electron chi connectivity index (χ4n) is 1.34. The van der Waals surface area contributed by atoms with Crippen molar-refractivity contribution >= 4 is 11.8 Å². The first-order valence-electron chi connectivity index (χ1n) is 5.54. The van der Waals surface area contributed by atoms with E-state index in [1.165, 1.54) is 6.07 Å². The molecule has 0 fully saturated rings. The van der Waals surface area contributed by atoms with Crippen LogP contribution in [0.5, 0.6) is 0 Å². The standard InChI is InChI=1S/C13H14F2N2O2/c1-13(2,3)19-12(18)17-10-5-8(7-16)4-9(6-10)11(14)15/h4-6,11H,1-3H3,(H,17,18). The fraction of sp³-hybridized carbons (Fsp3) is 0.385. The van der Waals surface area contributed by atoms with Crippen LogP contribution in [0.1, 0.15) is 38.3 Å². The molecule has 0 heterocycles. The van der Waals surface area contributed by atoms with Gasteiger partial charge < -0.3 is 4.74 Å². The molecular formula is C13H14F2N2O2. The number of carbonyl (C=O) groups excluding carboxylic acids is 1. The molecule has 0 aliphatic heterocycles. The van der Waals surface area contributed by atoms with Crippen LogP contribution in [0.15, 0.2) is 18.2 Å². The number of benzene rings is 1. The Morgan fingerprint density at radius 3 is 2.47 bits per heavy atom. The van der Waals surface area contributed by atoms with Crippen LogP contribution >= 0.6 is 0 Å². The van der Waals surface area contributed by atoms with Crippen LogP contribution in [-0.4, -0.2) is 11.7 Å². The second-order valence-electron chi connectivity index (χ2n) is 4.88. The summed E-state index contributed by atoms with van der Waals surface area (Å²) in [5, 5.41) is 11.1. The maximum absolute atomic E-state index is 12.6. The van der Waals surface area contributed by atoms with Gasteiger partial charge >= 0.3 is 6.09 Å². The quantitative estimate of drug-likeness (QED) is 0.886. The molecule has 1 aromatic rings. The number of ether oxygens (including phenoxy) is 1. The minimum atomic E-state index is -2.72. The van der Waals surface area contributed by atoms with E-state index in [1.807, 2.05) is 0 Å². The highest BCUT2D eigenvalue weighted by atomic mass is 19.3. The van der Waals surface area contributed by atoms with Gasteiger partial charge in [-0.1, -0.05) is 0 Å². The topological polar surface area (TPSA) is 62.1 Å². The van der Waals surface area contributed by atoms with Crippen molar-refractivity contribution in [3.05, 3.63) is 29.3 Å². The molecule has 4 nitrogen and oxygen atoms in total. The van der Waals surface area contributed by atoms with E-state index in [2.05, 4.69) is 5.32 Å². The van der Waals surface area contributed by atoms with Gasteiger partial charge in [0.15, 0.2) is 0 Å². The number of rotatable bonds is 2. The summed E-state index contributed by atoms with van der Waals surface area (Å²) >= 11 is 0. The molecule has 1 aromatic carbocycles. The predicted octanol–water partition coefficient (Wildman–Crippen LogP) is 3.84. The minimum absolute atomic E-state index is 0.0452. The Bertz CT molecular complexity index is 516. The van der Waals surface area contributed by atoms with Crippen molar-refractivity contribution in [2.24, 2.45) is 0 Å². The lowest BCUT2D eigenvalue weighted by molar-refractivity contribution is 0.0635. The first-order chi connectivity index (χ1) is 8.71. The molecule has 19 heavy (non-hydrogen) atoms. The molecule has 1 amide bonds. The number of alkyl halides is 2. The molecule has 0 bridgehead atoms. The van der Waals surface area contributed by atoms with Gasteiger partial charge in [0.2, 0.25) is 0 Å². The molecule has 0 unspecified atom stereocenters. The normalized spacial score (nSPS) is 11.0. The van der Waals surface area contributed by atoms with Crippen molar-refractivity contribution in [1.29, 1.82) is 5.26 Å². The van der Waals surface area contributed by atoms with Crippen LogP contribution in [0.25, 0.3) is 0 Å². The second-order valence-corrected chi connectivity index (χ2v) is 4.88. The third kappa shape index (κ3) is 4.92. The zero-order valence-corrected chi connectivity index (χ0v) is 10.8. The average Bonchev–Trinajstić information content (AvgIpc) is 2.25. The molecule has 0 radical (unpaired) electrons. The Kier molecular flexibility index (Phi) is 4.43. The highest BCUT2D eigenvalue weighted by Gasteiger charge is 2.17. The van der Waals surface area contributed by atoms with E-state index < -0.39 is 18.1 Å². The highest BCUT2D eigenvalue weighted by Crippen LogP contribution is 2.24. The van der Waals surface area contributed by atoms with Gasteiger partial charge in [0.05, 0.1) is 11.6 Å². The summed E-state index contributed by atoms with van der Waals surface area (Å²) in [6, 6.07) is 5.24. The van der Waals surface area contributed by atoms with Crippen molar-refractivity contribution in [2.75, 3.05) is 5.32 Å². The summed E-state index contributed by atoms with van der Waals surface area (Å²) in [6.07, 6.45) is -3.48. The zero-order chi connectivity index (χ0) is 14.6. The Morgan fingerprint density at radius 2 is 2.00 bits per heavy atom. The van der Waals surface area contributed by atoms with E-state index >= 15 is 0 Å². The lowest BCUT2D eigenvalue weighted by atomic mass is 10.1. The van der Waals surface area contributed by atoms with Gasteiger partial charge in [0.25, 0.3) is 6.43 Å². The Hall–Kier alpha value is -2.16. The van der Waals surface area contributed by atoms with E-state index in [4.69, 9.17) is 10.00 Å². The molecule has 1 rings (SSSR count). The van der Waals surface area contributed by atoms with Gasteiger partial charge in [-0.15, -0.1) is 0 Å². The number of hydrogen-bond acceptors (Lipinski definition) is 3. The minimum Gasteiger partial charge on any atom is -0.444 e. The summed E-state index contributed by atoms with van der Waals surface area (Å²) < 4.78 is 30.2. The van der Waals surface area contributed by atoms with Crippen LogP contribution in [0.3, 0.4) is 0 Å². The molecule has 0 spiro atoms. The molecule has 0 aromatic heterocycles. The maximum atomic E-state index is 12.6. The number of nitrogens with zero attached hydrogens (tertiary/aromatic N) is 1. The number of amides is 1. The van der Waals surface area contributed by atoms with E-state index in [9.17, 15) is 13.6 Å². The van der Waals surface area contributed by atoms with Crippen LogP contribution in [0.4, 0.5) is 19.3 Å². The third-order valence-electron chi connectivity index (χ3n) is 1.98. The lowest BCUT2D eigenvalue weighted by Gasteiger charge is -2.19. The molecule has 6 heteroatoms. The number of halogens is 2. The number of nitriles is 1. The third-order valence-corrected chi connectivity index (χ3v) is 1.98. The van der Waals surface area contributed by atoms with Crippen LogP contribution in [0.2, 0.25) is 0 Å². The number of nitrogens with one attached hydrogen (secondary N) is 1. The smallest absolute Gasteiger partial charge is 0.412 e. The van der Waals surface area contributed by atoms with Gasteiger partial charge in [-0.05, 0) is 39.0 Å². The molecular weight excluding hydrogens is 254 g/mol. The summed E-state index contributed by atoms with van der Waals surface area (Å²) in [6.45, 7) is 5.05. The lowest BCUT2D eigenvalue weighted by Crippen LogP contribution is -2.27. The Balaban J connectivity index is 2.92. The van der Waals surface area contributed by atoms with Gasteiger partial charge in [-0.2, -0.15) is 5.26 Å². The molecule has 0 aliphatic carbocycles. The summed E-state index contributed by atoms with van der Waals surface area (Å²) in [7, 11) is 0. The van der Waals surface area contributed by atoms with Gasteiger partial charge in [-0.25, -0.2) is 13.6 Å². The van der Waals surface area contributed by atoms with Crippen LogP contribution < -0.4 is 5.32 Å². The summed E-state index contributed by atoms with van der Waals surface area (Å²) in [4.78, 5) is 11.5.